The summed E-state index contributed by atoms with van der Waals surface area (Å²) in [6.45, 7) is 5.73. The third kappa shape index (κ3) is 2.07. The van der Waals surface area contributed by atoms with Crippen molar-refractivity contribution >= 4 is 0 Å². The van der Waals surface area contributed by atoms with E-state index < -0.39 is 0 Å². The molecule has 0 spiro atoms. The standard InChI is InChI=1S/C14H21N/c1-10-7-12(9-15-3)13-6-4-5-11(2)14(13)8-10/h4-6,10,12,15H,7-9H2,1-3H3. The Morgan fingerprint density at radius 3 is 2.93 bits per heavy atom. The monoisotopic (exact) mass is 203 g/mol. The molecule has 1 aliphatic carbocycles. The SMILES string of the molecule is CNCC1CC(C)Cc2c(C)cccc21. The molecule has 2 atom stereocenters. The lowest BCUT2D eigenvalue weighted by molar-refractivity contribution is 0.421. The van der Waals surface area contributed by atoms with Gasteiger partial charge < -0.3 is 5.32 Å². The maximum absolute atomic E-state index is 3.32. The Morgan fingerprint density at radius 1 is 1.40 bits per heavy atom. The zero-order valence-electron chi connectivity index (χ0n) is 10.0. The second-order valence-corrected chi connectivity index (χ2v) is 4.94. The van der Waals surface area contributed by atoms with E-state index in [-0.39, 0.29) is 0 Å². The van der Waals surface area contributed by atoms with E-state index in [4.69, 9.17) is 0 Å². The average molecular weight is 203 g/mol. The van der Waals surface area contributed by atoms with Gasteiger partial charge in [-0.15, -0.1) is 0 Å². The van der Waals surface area contributed by atoms with Crippen LogP contribution in [0, 0.1) is 12.8 Å². The zero-order chi connectivity index (χ0) is 10.8. The third-order valence-electron chi connectivity index (χ3n) is 3.58. The Labute approximate surface area is 92.9 Å². The van der Waals surface area contributed by atoms with Crippen LogP contribution in [-0.4, -0.2) is 13.6 Å². The lowest BCUT2D eigenvalue weighted by atomic mass is 9.76. The minimum Gasteiger partial charge on any atom is -0.319 e. The van der Waals surface area contributed by atoms with Crippen LogP contribution in [0.4, 0.5) is 0 Å². The van der Waals surface area contributed by atoms with Crippen molar-refractivity contribution in [3.8, 4) is 0 Å². The second kappa shape index (κ2) is 4.36. The molecule has 1 aromatic carbocycles. The van der Waals surface area contributed by atoms with Crippen molar-refractivity contribution in [2.45, 2.75) is 32.6 Å². The van der Waals surface area contributed by atoms with Gasteiger partial charge in [0.05, 0.1) is 0 Å². The fraction of sp³-hybridized carbons (Fsp3) is 0.571. The Hall–Kier alpha value is -0.820. The van der Waals surface area contributed by atoms with Gasteiger partial charge in [0.2, 0.25) is 0 Å². The summed E-state index contributed by atoms with van der Waals surface area (Å²) in [6.07, 6.45) is 2.60. The first-order chi connectivity index (χ1) is 7.22. The molecule has 2 unspecified atom stereocenters. The van der Waals surface area contributed by atoms with Crippen LogP contribution < -0.4 is 5.32 Å². The molecule has 0 bridgehead atoms. The lowest BCUT2D eigenvalue weighted by Crippen LogP contribution is -2.25. The number of nitrogens with one attached hydrogen (secondary N) is 1. The maximum Gasteiger partial charge on any atom is 0.00173 e. The number of likely N-dealkylation sites (N-methyl/N-ethyl adjacent to an activating group) is 1. The molecule has 0 radical (unpaired) electrons. The smallest absolute Gasteiger partial charge is 0.00173 e. The van der Waals surface area contributed by atoms with Crippen LogP contribution in [0.25, 0.3) is 0 Å². The molecule has 0 saturated carbocycles. The molecular weight excluding hydrogens is 182 g/mol. The van der Waals surface area contributed by atoms with Crippen LogP contribution >= 0.6 is 0 Å². The molecule has 0 heterocycles. The van der Waals surface area contributed by atoms with E-state index >= 15 is 0 Å². The molecule has 0 amide bonds. The Balaban J connectivity index is 2.37. The van der Waals surface area contributed by atoms with Gasteiger partial charge in [-0.25, -0.2) is 0 Å². The molecule has 1 heteroatoms. The summed E-state index contributed by atoms with van der Waals surface area (Å²) in [5.74, 6) is 1.55. The highest BCUT2D eigenvalue weighted by molar-refractivity contribution is 5.39. The average Bonchev–Trinajstić information content (AvgIpc) is 2.20. The molecule has 1 aromatic rings. The first-order valence-electron chi connectivity index (χ1n) is 5.95. The summed E-state index contributed by atoms with van der Waals surface area (Å²) >= 11 is 0. The number of rotatable bonds is 2. The predicted octanol–water partition coefficient (Wildman–Crippen LogP) is 2.88. The Bertz CT molecular complexity index is 343. The van der Waals surface area contributed by atoms with E-state index in [9.17, 15) is 0 Å². The van der Waals surface area contributed by atoms with Crippen molar-refractivity contribution in [1.82, 2.24) is 5.32 Å². The molecule has 0 saturated heterocycles. The summed E-state index contributed by atoms with van der Waals surface area (Å²) in [5.41, 5.74) is 4.67. The minimum atomic E-state index is 0.716. The number of fused-ring (bicyclic) bond motifs is 1. The van der Waals surface area contributed by atoms with E-state index in [2.05, 4.69) is 44.4 Å². The first kappa shape index (κ1) is 10.7. The number of aryl methyl sites for hydroxylation is 1. The van der Waals surface area contributed by atoms with Crippen molar-refractivity contribution in [2.75, 3.05) is 13.6 Å². The quantitative estimate of drug-likeness (QED) is 0.779. The topological polar surface area (TPSA) is 12.0 Å². The fourth-order valence-corrected chi connectivity index (χ4v) is 2.87. The van der Waals surface area contributed by atoms with Gasteiger partial charge in [0.25, 0.3) is 0 Å². The fourth-order valence-electron chi connectivity index (χ4n) is 2.87. The van der Waals surface area contributed by atoms with E-state index in [1.54, 1.807) is 11.1 Å². The molecule has 2 rings (SSSR count). The summed E-state index contributed by atoms with van der Waals surface area (Å²) in [5, 5.41) is 3.32. The van der Waals surface area contributed by atoms with E-state index in [1.807, 2.05) is 0 Å². The molecule has 82 valence electrons. The predicted molar refractivity (Wildman–Crippen MR) is 65.3 cm³/mol. The molecule has 1 N–H and O–H groups in total. The first-order valence-corrected chi connectivity index (χ1v) is 5.95. The maximum atomic E-state index is 3.32. The van der Waals surface area contributed by atoms with Gasteiger partial charge in [-0.3, -0.25) is 0 Å². The van der Waals surface area contributed by atoms with Gasteiger partial charge in [0.15, 0.2) is 0 Å². The third-order valence-corrected chi connectivity index (χ3v) is 3.58. The normalized spacial score (nSPS) is 25.0. The van der Waals surface area contributed by atoms with Gasteiger partial charge in [-0.2, -0.15) is 0 Å². The second-order valence-electron chi connectivity index (χ2n) is 4.94. The Kier molecular flexibility index (Phi) is 3.11. The van der Waals surface area contributed by atoms with Crippen LogP contribution in [0.1, 0.15) is 36.0 Å². The van der Waals surface area contributed by atoms with Crippen molar-refractivity contribution in [3.63, 3.8) is 0 Å². The van der Waals surface area contributed by atoms with Crippen LogP contribution in [0.5, 0.6) is 0 Å². The largest absolute Gasteiger partial charge is 0.319 e. The van der Waals surface area contributed by atoms with Gasteiger partial charge in [0, 0.05) is 6.54 Å². The van der Waals surface area contributed by atoms with Gasteiger partial charge in [0.1, 0.15) is 0 Å². The summed E-state index contributed by atoms with van der Waals surface area (Å²) in [4.78, 5) is 0. The highest BCUT2D eigenvalue weighted by Gasteiger charge is 2.24. The molecule has 1 aliphatic rings. The highest BCUT2D eigenvalue weighted by atomic mass is 14.8. The summed E-state index contributed by atoms with van der Waals surface area (Å²) < 4.78 is 0. The number of hydrogen-bond donors (Lipinski definition) is 1. The van der Waals surface area contributed by atoms with Gasteiger partial charge >= 0.3 is 0 Å². The van der Waals surface area contributed by atoms with Gasteiger partial charge in [-0.05, 0) is 55.3 Å². The molecule has 1 nitrogen and oxygen atoms in total. The molecule has 0 aromatic heterocycles. The van der Waals surface area contributed by atoms with Crippen LogP contribution in [-0.2, 0) is 6.42 Å². The molecule has 0 aliphatic heterocycles. The van der Waals surface area contributed by atoms with Gasteiger partial charge in [-0.1, -0.05) is 25.1 Å². The highest BCUT2D eigenvalue weighted by Crippen LogP contribution is 2.35. The van der Waals surface area contributed by atoms with Crippen molar-refractivity contribution < 1.29 is 0 Å². The number of benzene rings is 1. The van der Waals surface area contributed by atoms with Crippen LogP contribution in [0.15, 0.2) is 18.2 Å². The summed E-state index contributed by atoms with van der Waals surface area (Å²) in [7, 11) is 2.05. The van der Waals surface area contributed by atoms with Crippen LogP contribution in [0.3, 0.4) is 0 Å². The minimum absolute atomic E-state index is 0.716. The molecule has 0 fully saturated rings. The lowest BCUT2D eigenvalue weighted by Gasteiger charge is -2.30. The molecule has 15 heavy (non-hydrogen) atoms. The molecular formula is C14H21N. The van der Waals surface area contributed by atoms with E-state index in [0.29, 0.717) is 5.92 Å². The van der Waals surface area contributed by atoms with Crippen molar-refractivity contribution in [1.29, 1.82) is 0 Å². The number of hydrogen-bond acceptors (Lipinski definition) is 1. The van der Waals surface area contributed by atoms with Crippen molar-refractivity contribution in [3.05, 3.63) is 34.9 Å². The van der Waals surface area contributed by atoms with Crippen molar-refractivity contribution in [2.24, 2.45) is 5.92 Å². The van der Waals surface area contributed by atoms with Crippen LogP contribution in [0.2, 0.25) is 0 Å². The van der Waals surface area contributed by atoms with E-state index in [1.165, 1.54) is 18.4 Å². The zero-order valence-corrected chi connectivity index (χ0v) is 10.0. The van der Waals surface area contributed by atoms with E-state index in [0.717, 1.165) is 12.5 Å². The Morgan fingerprint density at radius 2 is 2.20 bits per heavy atom. The summed E-state index contributed by atoms with van der Waals surface area (Å²) in [6, 6.07) is 6.76.